The predicted molar refractivity (Wildman–Crippen MR) is 65.1 cm³/mol. The topological polar surface area (TPSA) is 44.1 Å². The number of hydrogen-bond acceptors (Lipinski definition) is 3. The third-order valence-electron chi connectivity index (χ3n) is 2.71. The first-order valence-electron chi connectivity index (χ1n) is 5.65. The lowest BCUT2D eigenvalue weighted by Gasteiger charge is -2.07. The Balaban J connectivity index is 2.39. The maximum atomic E-state index is 12.5. The number of alkyl halides is 3. The van der Waals surface area contributed by atoms with Crippen molar-refractivity contribution < 1.29 is 22.7 Å². The maximum absolute atomic E-state index is 12.5. The second-order valence-electron chi connectivity index (χ2n) is 4.10. The van der Waals surface area contributed by atoms with Gasteiger partial charge in [-0.3, -0.25) is 4.79 Å². The highest BCUT2D eigenvalue weighted by Gasteiger charge is 2.30. The summed E-state index contributed by atoms with van der Waals surface area (Å²) >= 11 is 0. The molecule has 0 saturated heterocycles. The molecule has 0 radical (unpaired) electrons. The van der Waals surface area contributed by atoms with Crippen LogP contribution in [0.1, 0.15) is 22.8 Å². The van der Waals surface area contributed by atoms with Gasteiger partial charge in [0.15, 0.2) is 5.78 Å². The van der Waals surface area contributed by atoms with Crippen molar-refractivity contribution in [3.05, 3.63) is 41.6 Å². The molecule has 2 aromatic rings. The van der Waals surface area contributed by atoms with Crippen molar-refractivity contribution in [2.45, 2.75) is 13.1 Å². The van der Waals surface area contributed by atoms with Gasteiger partial charge in [0.05, 0.1) is 23.9 Å². The van der Waals surface area contributed by atoms with Gasteiger partial charge in [0.1, 0.15) is 0 Å². The lowest BCUT2D eigenvalue weighted by atomic mass is 10.2. The molecular formula is C13H11F3N2O2. The van der Waals surface area contributed by atoms with Crippen molar-refractivity contribution in [3.8, 4) is 11.6 Å². The zero-order valence-electron chi connectivity index (χ0n) is 10.7. The van der Waals surface area contributed by atoms with Crippen molar-refractivity contribution in [3.63, 3.8) is 0 Å². The molecule has 0 aliphatic rings. The number of Topliss-reactive ketones (excluding diaryl/α,β-unsaturated/α-hetero) is 1. The number of carbonyl (C=O) groups excluding carboxylic acids is 1. The van der Waals surface area contributed by atoms with Crippen molar-refractivity contribution in [2.75, 3.05) is 7.11 Å². The Kier molecular flexibility index (Phi) is 3.52. The van der Waals surface area contributed by atoms with E-state index in [0.29, 0.717) is 5.69 Å². The lowest BCUT2D eigenvalue weighted by molar-refractivity contribution is -0.137. The molecule has 0 saturated carbocycles. The van der Waals surface area contributed by atoms with Crippen LogP contribution in [-0.4, -0.2) is 22.7 Å². The fourth-order valence-electron chi connectivity index (χ4n) is 1.69. The first-order chi connectivity index (χ1) is 9.32. The zero-order chi connectivity index (χ0) is 14.9. The van der Waals surface area contributed by atoms with E-state index >= 15 is 0 Å². The van der Waals surface area contributed by atoms with E-state index in [1.807, 2.05) is 0 Å². The molecule has 0 amide bonds. The minimum absolute atomic E-state index is 0.136. The van der Waals surface area contributed by atoms with Crippen LogP contribution in [0.5, 0.6) is 5.88 Å². The Hall–Kier alpha value is -2.31. The molecule has 20 heavy (non-hydrogen) atoms. The summed E-state index contributed by atoms with van der Waals surface area (Å²) in [7, 11) is 1.37. The number of nitrogens with zero attached hydrogens (tertiary/aromatic N) is 2. The lowest BCUT2D eigenvalue weighted by Crippen LogP contribution is -2.05. The van der Waals surface area contributed by atoms with Crippen molar-refractivity contribution in [2.24, 2.45) is 0 Å². The SMILES string of the molecule is COc1nn(-c2ccc(C(F)(F)F)cc2)cc1C(C)=O. The average Bonchev–Trinajstić information content (AvgIpc) is 2.82. The summed E-state index contributed by atoms with van der Waals surface area (Å²) in [5.41, 5.74) is -0.0663. The summed E-state index contributed by atoms with van der Waals surface area (Å²) in [6.45, 7) is 1.36. The number of hydrogen-bond donors (Lipinski definition) is 0. The highest BCUT2D eigenvalue weighted by molar-refractivity contribution is 5.96. The van der Waals surface area contributed by atoms with Gasteiger partial charge < -0.3 is 4.74 Å². The van der Waals surface area contributed by atoms with Gasteiger partial charge >= 0.3 is 6.18 Å². The molecular weight excluding hydrogens is 273 g/mol. The molecule has 0 unspecified atom stereocenters. The number of methoxy groups -OCH3 is 1. The van der Waals surface area contributed by atoms with Crippen LogP contribution in [0.25, 0.3) is 5.69 Å². The summed E-state index contributed by atoms with van der Waals surface area (Å²) in [4.78, 5) is 11.4. The summed E-state index contributed by atoms with van der Waals surface area (Å²) in [6.07, 6.45) is -2.96. The molecule has 7 heteroatoms. The van der Waals surface area contributed by atoms with Crippen LogP contribution in [0.2, 0.25) is 0 Å². The third-order valence-corrected chi connectivity index (χ3v) is 2.71. The normalized spacial score (nSPS) is 11.4. The molecule has 106 valence electrons. The van der Waals surface area contributed by atoms with Crippen LogP contribution in [0.4, 0.5) is 13.2 Å². The third kappa shape index (κ3) is 2.66. The second-order valence-corrected chi connectivity index (χ2v) is 4.10. The summed E-state index contributed by atoms with van der Waals surface area (Å²) in [5, 5.41) is 4.00. The quantitative estimate of drug-likeness (QED) is 0.813. The van der Waals surface area contributed by atoms with Gasteiger partial charge in [-0.2, -0.15) is 13.2 Å². The molecule has 0 bridgehead atoms. The molecule has 1 heterocycles. The van der Waals surface area contributed by atoms with Crippen LogP contribution >= 0.6 is 0 Å². The number of ether oxygens (including phenoxy) is 1. The number of aromatic nitrogens is 2. The van der Waals surface area contributed by atoms with Crippen molar-refractivity contribution >= 4 is 5.78 Å². The van der Waals surface area contributed by atoms with Crippen LogP contribution < -0.4 is 4.74 Å². The predicted octanol–water partition coefficient (Wildman–Crippen LogP) is 3.10. The van der Waals surface area contributed by atoms with Crippen molar-refractivity contribution in [1.29, 1.82) is 0 Å². The Morgan fingerprint density at radius 3 is 2.25 bits per heavy atom. The van der Waals surface area contributed by atoms with Crippen LogP contribution in [0.15, 0.2) is 30.5 Å². The van der Waals surface area contributed by atoms with E-state index in [9.17, 15) is 18.0 Å². The van der Waals surface area contributed by atoms with E-state index in [4.69, 9.17) is 4.74 Å². The number of rotatable bonds is 3. The van der Waals surface area contributed by atoms with Gasteiger partial charge in [0, 0.05) is 6.20 Å². The monoisotopic (exact) mass is 284 g/mol. The van der Waals surface area contributed by atoms with Gasteiger partial charge in [-0.25, -0.2) is 4.68 Å². The molecule has 0 atom stereocenters. The van der Waals surface area contributed by atoms with Gasteiger partial charge in [0.25, 0.3) is 0 Å². The standard InChI is InChI=1S/C13H11F3N2O2/c1-8(19)11-7-18(17-12(11)20-2)10-5-3-9(4-6-10)13(14,15)16/h3-7H,1-2H3. The fraction of sp³-hybridized carbons (Fsp3) is 0.231. The minimum Gasteiger partial charge on any atom is -0.479 e. The van der Waals surface area contributed by atoms with E-state index in [1.54, 1.807) is 0 Å². The van der Waals surface area contributed by atoms with Crippen LogP contribution in [0, 0.1) is 0 Å². The van der Waals surface area contributed by atoms with E-state index in [-0.39, 0.29) is 17.2 Å². The minimum atomic E-state index is -4.38. The molecule has 0 aliphatic heterocycles. The first-order valence-corrected chi connectivity index (χ1v) is 5.65. The summed E-state index contributed by atoms with van der Waals surface area (Å²) < 4.78 is 43.6. The van der Waals surface area contributed by atoms with E-state index in [1.165, 1.54) is 37.0 Å². The number of halogens is 3. The average molecular weight is 284 g/mol. The maximum Gasteiger partial charge on any atom is 0.416 e. The fourth-order valence-corrected chi connectivity index (χ4v) is 1.69. The first kappa shape index (κ1) is 14.1. The Labute approximate surface area is 112 Å². The molecule has 0 N–H and O–H groups in total. The molecule has 1 aromatic heterocycles. The number of ketones is 1. The van der Waals surface area contributed by atoms with Crippen LogP contribution in [-0.2, 0) is 6.18 Å². The van der Waals surface area contributed by atoms with Gasteiger partial charge in [-0.1, -0.05) is 0 Å². The molecule has 0 aliphatic carbocycles. The summed E-state index contributed by atoms with van der Waals surface area (Å²) in [5.74, 6) is -0.0996. The van der Waals surface area contributed by atoms with Gasteiger partial charge in [0.2, 0.25) is 5.88 Å². The molecule has 0 fully saturated rings. The number of benzene rings is 1. The van der Waals surface area contributed by atoms with E-state index in [0.717, 1.165) is 12.1 Å². The molecule has 4 nitrogen and oxygen atoms in total. The summed E-state index contributed by atoms with van der Waals surface area (Å²) in [6, 6.07) is 4.46. The molecule has 0 spiro atoms. The largest absolute Gasteiger partial charge is 0.479 e. The zero-order valence-corrected chi connectivity index (χ0v) is 10.7. The van der Waals surface area contributed by atoms with E-state index in [2.05, 4.69) is 5.10 Å². The Bertz CT molecular complexity index is 630. The van der Waals surface area contributed by atoms with Crippen LogP contribution in [0.3, 0.4) is 0 Å². The molecule has 2 rings (SSSR count). The smallest absolute Gasteiger partial charge is 0.416 e. The van der Waals surface area contributed by atoms with Gasteiger partial charge in [-0.05, 0) is 31.2 Å². The Morgan fingerprint density at radius 2 is 1.85 bits per heavy atom. The highest BCUT2D eigenvalue weighted by atomic mass is 19.4. The van der Waals surface area contributed by atoms with E-state index < -0.39 is 11.7 Å². The van der Waals surface area contributed by atoms with Crippen molar-refractivity contribution in [1.82, 2.24) is 9.78 Å². The molecule has 1 aromatic carbocycles. The Morgan fingerprint density at radius 1 is 1.25 bits per heavy atom. The highest BCUT2D eigenvalue weighted by Crippen LogP contribution is 2.29. The number of carbonyl (C=O) groups is 1. The second kappa shape index (κ2) is 4.99. The van der Waals surface area contributed by atoms with Gasteiger partial charge in [-0.15, -0.1) is 5.10 Å².